The number of rotatable bonds is 1. The third-order valence-corrected chi connectivity index (χ3v) is 5.35. The summed E-state index contributed by atoms with van der Waals surface area (Å²) in [4.78, 5) is 14.6. The highest BCUT2D eigenvalue weighted by Crippen LogP contribution is 2.47. The Balaban J connectivity index is 1.90. The van der Waals surface area contributed by atoms with Crippen LogP contribution in [0.2, 0.25) is 0 Å². The van der Waals surface area contributed by atoms with Crippen molar-refractivity contribution in [2.75, 3.05) is 23.7 Å². The van der Waals surface area contributed by atoms with Crippen molar-refractivity contribution in [3.63, 3.8) is 0 Å². The zero-order chi connectivity index (χ0) is 18.9. The summed E-state index contributed by atoms with van der Waals surface area (Å²) in [6, 6.07) is 6.62. The molecule has 6 nitrogen and oxygen atoms in total. The summed E-state index contributed by atoms with van der Waals surface area (Å²) in [5.41, 5.74) is 14.5. The number of nitrogens with two attached hydrogens (primary N) is 2. The lowest BCUT2D eigenvalue weighted by Crippen LogP contribution is -2.28. The first-order valence-corrected chi connectivity index (χ1v) is 8.91. The van der Waals surface area contributed by atoms with E-state index in [4.69, 9.17) is 16.2 Å². The zero-order valence-corrected chi connectivity index (χ0v) is 14.8. The Labute approximate surface area is 154 Å². The molecule has 0 amide bonds. The van der Waals surface area contributed by atoms with Crippen molar-refractivity contribution in [2.45, 2.75) is 19.4 Å². The van der Waals surface area contributed by atoms with Gasteiger partial charge in [0.05, 0.1) is 11.1 Å². The van der Waals surface area contributed by atoms with Gasteiger partial charge in [0.1, 0.15) is 11.2 Å². The summed E-state index contributed by atoms with van der Waals surface area (Å²) >= 11 is 0. The molecule has 5 rings (SSSR count). The van der Waals surface area contributed by atoms with E-state index in [1.807, 2.05) is 15.5 Å². The lowest BCUT2D eigenvalue weighted by molar-refractivity contribution is 0.469. The summed E-state index contributed by atoms with van der Waals surface area (Å²) in [5.74, 6) is 0.393. The van der Waals surface area contributed by atoms with Crippen LogP contribution in [0.1, 0.15) is 12.0 Å². The molecule has 2 aliphatic heterocycles. The Morgan fingerprint density at radius 2 is 2.11 bits per heavy atom. The van der Waals surface area contributed by atoms with Crippen molar-refractivity contribution in [3.8, 4) is 17.2 Å². The van der Waals surface area contributed by atoms with Crippen molar-refractivity contribution in [1.82, 2.24) is 4.57 Å². The first kappa shape index (κ1) is 16.1. The maximum absolute atomic E-state index is 15.1. The van der Waals surface area contributed by atoms with E-state index in [1.54, 1.807) is 25.3 Å². The lowest BCUT2D eigenvalue weighted by atomic mass is 10.1. The van der Waals surface area contributed by atoms with Crippen LogP contribution in [0.5, 0.6) is 11.5 Å². The number of halogens is 1. The van der Waals surface area contributed by atoms with Crippen LogP contribution in [0.25, 0.3) is 16.6 Å². The van der Waals surface area contributed by atoms with Gasteiger partial charge < -0.3 is 25.7 Å². The molecule has 1 aromatic heterocycles. The Morgan fingerprint density at radius 1 is 1.30 bits per heavy atom. The monoisotopic (exact) mass is 366 g/mol. The molecule has 0 saturated carbocycles. The van der Waals surface area contributed by atoms with E-state index in [-0.39, 0.29) is 11.5 Å². The molecule has 1 atom stereocenters. The van der Waals surface area contributed by atoms with E-state index in [2.05, 4.69) is 0 Å². The van der Waals surface area contributed by atoms with Crippen molar-refractivity contribution >= 4 is 22.3 Å². The molecule has 4 N–H and O–H groups in total. The van der Waals surface area contributed by atoms with Crippen molar-refractivity contribution in [2.24, 2.45) is 5.73 Å². The summed E-state index contributed by atoms with van der Waals surface area (Å²) in [5, 5.41) is 0.303. The molecule has 1 unspecified atom stereocenters. The van der Waals surface area contributed by atoms with E-state index in [9.17, 15) is 4.79 Å². The zero-order valence-electron chi connectivity index (χ0n) is 14.8. The maximum atomic E-state index is 15.1. The predicted octanol–water partition coefficient (Wildman–Crippen LogP) is 2.66. The van der Waals surface area contributed by atoms with Gasteiger partial charge in [0.25, 0.3) is 0 Å². The Morgan fingerprint density at radius 3 is 2.85 bits per heavy atom. The van der Waals surface area contributed by atoms with E-state index >= 15 is 4.39 Å². The number of hydrogen-bond donors (Lipinski definition) is 2. The summed E-state index contributed by atoms with van der Waals surface area (Å²) in [6.45, 7) is 2.90. The number of fused-ring (bicyclic) bond motifs is 2. The van der Waals surface area contributed by atoms with Crippen LogP contribution in [-0.4, -0.2) is 23.7 Å². The molecule has 138 valence electrons. The van der Waals surface area contributed by atoms with E-state index < -0.39 is 5.82 Å². The number of benzene rings is 2. The van der Waals surface area contributed by atoms with Gasteiger partial charge in [-0.05, 0) is 31.5 Å². The van der Waals surface area contributed by atoms with Crippen LogP contribution in [0.3, 0.4) is 0 Å². The largest absolute Gasteiger partial charge is 0.451 e. The molecule has 7 heteroatoms. The molecular weight excluding hydrogens is 347 g/mol. The standard InChI is InChI=1S/C20H19FN4O2/c1-10-8-25-15-3-2-11(22)6-16(15)27-20-17(25)13(19(10)26)7-14(21)18(20)24-5-4-12(23)9-24/h2-3,6-8,12H,4-5,9,22-23H2,1H3. The van der Waals surface area contributed by atoms with Gasteiger partial charge in [0.15, 0.2) is 22.7 Å². The molecule has 2 aliphatic rings. The van der Waals surface area contributed by atoms with Crippen molar-refractivity contribution in [1.29, 1.82) is 0 Å². The highest BCUT2D eigenvalue weighted by molar-refractivity contribution is 5.95. The number of aromatic nitrogens is 1. The Kier molecular flexibility index (Phi) is 3.27. The highest BCUT2D eigenvalue weighted by Gasteiger charge is 2.31. The van der Waals surface area contributed by atoms with Gasteiger partial charge in [-0.25, -0.2) is 4.39 Å². The van der Waals surface area contributed by atoms with Gasteiger partial charge in [-0.15, -0.1) is 0 Å². The van der Waals surface area contributed by atoms with Gasteiger partial charge >= 0.3 is 0 Å². The second-order valence-corrected chi connectivity index (χ2v) is 7.27. The topological polar surface area (TPSA) is 86.5 Å². The fourth-order valence-corrected chi connectivity index (χ4v) is 4.04. The molecule has 0 spiro atoms. The average Bonchev–Trinajstić information content (AvgIpc) is 3.04. The molecule has 3 heterocycles. The first-order chi connectivity index (χ1) is 12.9. The molecule has 0 radical (unpaired) electrons. The molecule has 0 aliphatic carbocycles. The van der Waals surface area contributed by atoms with Crippen LogP contribution in [0.4, 0.5) is 15.8 Å². The van der Waals surface area contributed by atoms with Crippen LogP contribution < -0.4 is 26.5 Å². The first-order valence-electron chi connectivity index (χ1n) is 8.91. The lowest BCUT2D eigenvalue weighted by Gasteiger charge is -2.29. The number of nitrogen functional groups attached to an aromatic ring is 1. The fourth-order valence-electron chi connectivity index (χ4n) is 4.04. The van der Waals surface area contributed by atoms with Crippen molar-refractivity contribution in [3.05, 3.63) is 52.1 Å². The Hall–Kier alpha value is -3.06. The molecule has 3 aromatic rings. The Bertz CT molecular complexity index is 1170. The predicted molar refractivity (Wildman–Crippen MR) is 104 cm³/mol. The van der Waals surface area contributed by atoms with Crippen LogP contribution >= 0.6 is 0 Å². The van der Waals surface area contributed by atoms with Gasteiger partial charge in [-0.2, -0.15) is 0 Å². The number of ether oxygens (including phenoxy) is 1. The normalized spacial score (nSPS) is 17.9. The summed E-state index contributed by atoms with van der Waals surface area (Å²) < 4.78 is 23.1. The third kappa shape index (κ3) is 2.24. The minimum atomic E-state index is -0.479. The molecule has 1 fully saturated rings. The second-order valence-electron chi connectivity index (χ2n) is 7.27. The molecule has 2 aromatic carbocycles. The molecule has 0 bridgehead atoms. The van der Waals surface area contributed by atoms with Crippen LogP contribution in [-0.2, 0) is 0 Å². The number of pyridine rings is 1. The number of hydrogen-bond acceptors (Lipinski definition) is 5. The highest BCUT2D eigenvalue weighted by atomic mass is 19.1. The fraction of sp³-hybridized carbons (Fsp3) is 0.250. The van der Waals surface area contributed by atoms with E-state index in [1.165, 1.54) is 6.07 Å². The minimum Gasteiger partial charge on any atom is -0.451 e. The number of aryl methyl sites for hydroxylation is 1. The van der Waals surface area contributed by atoms with Gasteiger partial charge in [-0.3, -0.25) is 4.79 Å². The van der Waals surface area contributed by atoms with Gasteiger partial charge in [0.2, 0.25) is 0 Å². The third-order valence-electron chi connectivity index (χ3n) is 5.35. The smallest absolute Gasteiger partial charge is 0.192 e. The summed E-state index contributed by atoms with van der Waals surface area (Å²) in [7, 11) is 0. The van der Waals surface area contributed by atoms with Crippen LogP contribution in [0.15, 0.2) is 35.3 Å². The number of anilines is 2. The second kappa shape index (κ2) is 5.47. The summed E-state index contributed by atoms with van der Waals surface area (Å²) in [6.07, 6.45) is 2.55. The average molecular weight is 366 g/mol. The molecule has 1 saturated heterocycles. The van der Waals surface area contributed by atoms with Crippen molar-refractivity contribution < 1.29 is 9.13 Å². The van der Waals surface area contributed by atoms with E-state index in [0.717, 1.165) is 12.1 Å². The quantitative estimate of drug-likeness (QED) is 0.506. The minimum absolute atomic E-state index is 0.0148. The van der Waals surface area contributed by atoms with Gasteiger partial charge in [0, 0.05) is 42.6 Å². The van der Waals surface area contributed by atoms with Gasteiger partial charge in [-0.1, -0.05) is 0 Å². The van der Waals surface area contributed by atoms with Crippen LogP contribution in [0, 0.1) is 12.7 Å². The van der Waals surface area contributed by atoms with E-state index in [0.29, 0.717) is 52.4 Å². The molecular formula is C20H19FN4O2. The molecule has 27 heavy (non-hydrogen) atoms. The maximum Gasteiger partial charge on any atom is 0.192 e. The number of nitrogens with zero attached hydrogens (tertiary/aromatic N) is 2. The SMILES string of the molecule is Cc1cn2c3c(c(N4CCC(N)C4)c(F)cc3c1=O)Oc1cc(N)ccc1-2.